The van der Waals surface area contributed by atoms with Crippen LogP contribution in [-0.4, -0.2) is 37.1 Å². The number of methoxy groups -OCH3 is 1. The number of nitrogens with zero attached hydrogens (tertiary/aromatic N) is 1. The molecule has 21 heavy (non-hydrogen) atoms. The summed E-state index contributed by atoms with van der Waals surface area (Å²) in [4.78, 5) is 22.2. The van der Waals surface area contributed by atoms with E-state index in [-0.39, 0.29) is 17.3 Å². The number of nitro groups is 1. The van der Waals surface area contributed by atoms with Gasteiger partial charge in [-0.05, 0) is 31.9 Å². The molecule has 7 nitrogen and oxygen atoms in total. The van der Waals surface area contributed by atoms with Crippen molar-refractivity contribution >= 4 is 11.6 Å². The Hall–Kier alpha value is -2.15. The van der Waals surface area contributed by atoms with Crippen LogP contribution in [0.5, 0.6) is 5.75 Å². The maximum atomic E-state index is 11.9. The molecule has 2 rings (SSSR count). The number of rotatable bonds is 8. The van der Waals surface area contributed by atoms with Gasteiger partial charge >= 0.3 is 5.69 Å². The van der Waals surface area contributed by atoms with Gasteiger partial charge < -0.3 is 15.4 Å². The fraction of sp³-hybridized carbons (Fsp3) is 0.500. The molecule has 1 amide bonds. The molecule has 7 heteroatoms. The van der Waals surface area contributed by atoms with Crippen LogP contribution in [0.2, 0.25) is 0 Å². The number of carbonyl (C=O) groups excluding carboxylic acids is 1. The van der Waals surface area contributed by atoms with Gasteiger partial charge in [-0.3, -0.25) is 14.9 Å². The molecule has 2 N–H and O–H groups in total. The fourth-order valence-electron chi connectivity index (χ4n) is 1.96. The molecule has 0 radical (unpaired) electrons. The first-order valence-electron chi connectivity index (χ1n) is 6.96. The lowest BCUT2D eigenvalue weighted by molar-refractivity contribution is -0.385. The predicted octanol–water partition coefficient (Wildman–Crippen LogP) is 1.48. The summed E-state index contributed by atoms with van der Waals surface area (Å²) in [7, 11) is 1.34. The molecule has 1 saturated carbocycles. The van der Waals surface area contributed by atoms with E-state index in [0.29, 0.717) is 18.2 Å². The van der Waals surface area contributed by atoms with Crippen LogP contribution in [0.3, 0.4) is 0 Å². The van der Waals surface area contributed by atoms with Crippen molar-refractivity contribution in [2.45, 2.75) is 25.3 Å². The Morgan fingerprint density at radius 2 is 2.19 bits per heavy atom. The van der Waals surface area contributed by atoms with Gasteiger partial charge in [-0.15, -0.1) is 0 Å². The van der Waals surface area contributed by atoms with Crippen molar-refractivity contribution < 1.29 is 14.5 Å². The molecule has 1 fully saturated rings. The molecule has 1 aliphatic rings. The Labute approximate surface area is 122 Å². The summed E-state index contributed by atoms with van der Waals surface area (Å²) >= 11 is 0. The molecular weight excluding hydrogens is 274 g/mol. The van der Waals surface area contributed by atoms with Gasteiger partial charge in [0.05, 0.1) is 12.0 Å². The van der Waals surface area contributed by atoms with Gasteiger partial charge in [0.1, 0.15) is 0 Å². The third-order valence-corrected chi connectivity index (χ3v) is 3.29. The van der Waals surface area contributed by atoms with Crippen LogP contribution in [0, 0.1) is 10.1 Å². The summed E-state index contributed by atoms with van der Waals surface area (Å²) in [6, 6.07) is 4.76. The maximum Gasteiger partial charge on any atom is 0.310 e. The number of hydrogen-bond acceptors (Lipinski definition) is 5. The van der Waals surface area contributed by atoms with Gasteiger partial charge in [0.2, 0.25) is 0 Å². The van der Waals surface area contributed by atoms with E-state index < -0.39 is 4.92 Å². The van der Waals surface area contributed by atoms with Gasteiger partial charge in [-0.1, -0.05) is 0 Å². The molecule has 114 valence electrons. The highest BCUT2D eigenvalue weighted by Gasteiger charge is 2.19. The lowest BCUT2D eigenvalue weighted by Gasteiger charge is -2.07. The van der Waals surface area contributed by atoms with Crippen molar-refractivity contribution in [1.82, 2.24) is 10.6 Å². The van der Waals surface area contributed by atoms with Crippen molar-refractivity contribution in [3.05, 3.63) is 33.9 Å². The van der Waals surface area contributed by atoms with Gasteiger partial charge in [0, 0.05) is 30.3 Å². The second-order valence-electron chi connectivity index (χ2n) is 4.98. The smallest absolute Gasteiger partial charge is 0.310 e. The SMILES string of the molecule is COc1cc(C(=O)NCCCNC2CC2)ccc1[N+](=O)[O-]. The van der Waals surface area contributed by atoms with E-state index in [1.807, 2.05) is 0 Å². The largest absolute Gasteiger partial charge is 0.490 e. The van der Waals surface area contributed by atoms with Crippen LogP contribution in [-0.2, 0) is 0 Å². The summed E-state index contributed by atoms with van der Waals surface area (Å²) in [5.74, 6) is -0.169. The molecule has 0 heterocycles. The molecule has 1 aromatic rings. The summed E-state index contributed by atoms with van der Waals surface area (Å²) in [6.07, 6.45) is 3.34. The van der Waals surface area contributed by atoms with E-state index in [9.17, 15) is 14.9 Å². The van der Waals surface area contributed by atoms with Crippen molar-refractivity contribution in [2.24, 2.45) is 0 Å². The Bertz CT molecular complexity index is 529. The highest BCUT2D eigenvalue weighted by atomic mass is 16.6. The van der Waals surface area contributed by atoms with Crippen molar-refractivity contribution in [1.29, 1.82) is 0 Å². The molecular formula is C14H19N3O4. The first kappa shape index (κ1) is 15.2. The van der Waals surface area contributed by atoms with E-state index in [4.69, 9.17) is 4.74 Å². The summed E-state index contributed by atoms with van der Waals surface area (Å²) in [5, 5.41) is 16.9. The van der Waals surface area contributed by atoms with Crippen LogP contribution in [0.4, 0.5) is 5.69 Å². The molecule has 0 saturated heterocycles. The Kier molecular flexibility index (Phi) is 5.10. The molecule has 0 aliphatic heterocycles. The second-order valence-corrected chi connectivity index (χ2v) is 4.98. The lowest BCUT2D eigenvalue weighted by atomic mass is 10.1. The summed E-state index contributed by atoms with van der Waals surface area (Å²) in [6.45, 7) is 1.45. The first-order valence-corrected chi connectivity index (χ1v) is 6.96. The standard InChI is InChI=1S/C14H19N3O4/c1-21-13-9-10(3-6-12(13)17(19)20)14(18)16-8-2-7-15-11-4-5-11/h3,6,9,11,15H,2,4-5,7-8H2,1H3,(H,16,18). The average molecular weight is 293 g/mol. The number of amides is 1. The maximum absolute atomic E-state index is 11.9. The van der Waals surface area contributed by atoms with E-state index in [1.54, 1.807) is 0 Å². The van der Waals surface area contributed by atoms with Gasteiger partial charge in [0.25, 0.3) is 5.91 Å². The van der Waals surface area contributed by atoms with Crippen molar-refractivity contribution in [3.8, 4) is 5.75 Å². The normalized spacial score (nSPS) is 13.8. The zero-order valence-electron chi connectivity index (χ0n) is 11.9. The van der Waals surface area contributed by atoms with E-state index >= 15 is 0 Å². The van der Waals surface area contributed by atoms with Gasteiger partial charge in [0.15, 0.2) is 5.75 Å². The third-order valence-electron chi connectivity index (χ3n) is 3.29. The number of hydrogen-bond donors (Lipinski definition) is 2. The molecule has 0 unspecified atom stereocenters. The molecule has 1 aromatic carbocycles. The van der Waals surface area contributed by atoms with Crippen LogP contribution < -0.4 is 15.4 Å². The number of carbonyl (C=O) groups is 1. The topological polar surface area (TPSA) is 93.5 Å². The summed E-state index contributed by atoms with van der Waals surface area (Å²) < 4.78 is 4.94. The molecule has 0 aromatic heterocycles. The van der Waals surface area contributed by atoms with E-state index in [2.05, 4.69) is 10.6 Å². The second kappa shape index (κ2) is 7.03. The van der Waals surface area contributed by atoms with Crippen molar-refractivity contribution in [2.75, 3.05) is 20.2 Å². The first-order chi connectivity index (χ1) is 10.1. The minimum absolute atomic E-state index is 0.0862. The average Bonchev–Trinajstić information content (AvgIpc) is 3.30. The minimum Gasteiger partial charge on any atom is -0.490 e. The Morgan fingerprint density at radius 1 is 1.43 bits per heavy atom. The van der Waals surface area contributed by atoms with Gasteiger partial charge in [-0.2, -0.15) is 0 Å². The molecule has 0 spiro atoms. The molecule has 0 bridgehead atoms. The van der Waals surface area contributed by atoms with Gasteiger partial charge in [-0.25, -0.2) is 0 Å². The lowest BCUT2D eigenvalue weighted by Crippen LogP contribution is -2.28. The number of ether oxygens (including phenoxy) is 1. The highest BCUT2D eigenvalue weighted by molar-refractivity contribution is 5.95. The number of nitro benzene ring substituents is 1. The third kappa shape index (κ3) is 4.42. The van der Waals surface area contributed by atoms with Crippen molar-refractivity contribution in [3.63, 3.8) is 0 Å². The molecule has 1 aliphatic carbocycles. The van der Waals surface area contributed by atoms with Crippen LogP contribution >= 0.6 is 0 Å². The molecule has 0 atom stereocenters. The zero-order valence-corrected chi connectivity index (χ0v) is 11.9. The van der Waals surface area contributed by atoms with E-state index in [1.165, 1.54) is 38.2 Å². The monoisotopic (exact) mass is 293 g/mol. The van der Waals surface area contributed by atoms with E-state index in [0.717, 1.165) is 13.0 Å². The fourth-order valence-corrected chi connectivity index (χ4v) is 1.96. The Balaban J connectivity index is 1.84. The van der Waals surface area contributed by atoms with Crippen LogP contribution in [0.25, 0.3) is 0 Å². The van der Waals surface area contributed by atoms with Crippen LogP contribution in [0.15, 0.2) is 18.2 Å². The Morgan fingerprint density at radius 3 is 2.81 bits per heavy atom. The number of benzene rings is 1. The van der Waals surface area contributed by atoms with Crippen LogP contribution in [0.1, 0.15) is 29.6 Å². The predicted molar refractivity (Wildman–Crippen MR) is 77.6 cm³/mol. The minimum atomic E-state index is -0.538. The zero-order chi connectivity index (χ0) is 15.2. The summed E-state index contributed by atoms with van der Waals surface area (Å²) in [5.41, 5.74) is 0.204. The highest BCUT2D eigenvalue weighted by Crippen LogP contribution is 2.27. The number of nitrogens with one attached hydrogen (secondary N) is 2. The quantitative estimate of drug-likeness (QED) is 0.430.